The Labute approximate surface area is 724 Å². The molecule has 4 rings (SSSR count). The van der Waals surface area contributed by atoms with Gasteiger partial charge >= 0.3 is 24.4 Å². The number of hydrogen-bond acceptors (Lipinski definition) is 19. The van der Waals surface area contributed by atoms with E-state index >= 15 is 28.8 Å². The van der Waals surface area contributed by atoms with Crippen LogP contribution in [0.1, 0.15) is 224 Å². The third-order valence-corrected chi connectivity index (χ3v) is 46.9. The molecule has 682 valence electrons. The number of benzene rings is 2. The maximum Gasteiger partial charge on any atom is 0.426 e. The third-order valence-electron chi connectivity index (χ3n) is 24.4. The molecule has 2 aromatic carbocycles. The Hall–Kier alpha value is -6.54. The minimum Gasteiger partial charge on any atom is -0.544 e. The van der Waals surface area contributed by atoms with Crippen LogP contribution in [-0.4, -0.2) is 213 Å². The highest BCUT2D eigenvalue weighted by Gasteiger charge is 2.58. The summed E-state index contributed by atoms with van der Waals surface area (Å²) in [5.74, 6) is -5.85. The van der Waals surface area contributed by atoms with E-state index in [1.165, 1.54) is 9.80 Å². The molecule has 120 heavy (non-hydrogen) atoms. The molecule has 0 aromatic heterocycles. The van der Waals surface area contributed by atoms with Crippen LogP contribution in [0.25, 0.3) is 0 Å². The number of carbonyl (C=O) groups excluding carboxylic acids is 10. The lowest BCUT2D eigenvalue weighted by atomic mass is 9.99. The zero-order valence-electron chi connectivity index (χ0n) is 80.4. The van der Waals surface area contributed by atoms with Gasteiger partial charge in [0.1, 0.15) is 65.4 Å². The Bertz CT molecular complexity index is 3810. The Morgan fingerprint density at radius 1 is 0.492 bits per heavy atom. The number of amides is 10. The molecule has 0 aliphatic carbocycles. The van der Waals surface area contributed by atoms with E-state index in [9.17, 15) is 19.2 Å². The van der Waals surface area contributed by atoms with E-state index in [0.717, 1.165) is 5.56 Å². The lowest BCUT2D eigenvalue weighted by Gasteiger charge is -2.43. The quantitative estimate of drug-likeness (QED) is 0.0266. The molecule has 2 heterocycles. The number of nitrogens with one attached hydrogen (secondary N) is 5. The van der Waals surface area contributed by atoms with Crippen LogP contribution in [-0.2, 0) is 78.4 Å². The molecule has 5 N–H and O–H groups in total. The van der Waals surface area contributed by atoms with Crippen molar-refractivity contribution in [3.63, 3.8) is 0 Å². The average Bonchev–Trinajstić information content (AvgIpc) is 1.56. The third kappa shape index (κ3) is 30.1. The van der Waals surface area contributed by atoms with Crippen molar-refractivity contribution >= 4 is 101 Å². The van der Waals surface area contributed by atoms with Crippen LogP contribution in [0.5, 0.6) is 5.75 Å². The highest BCUT2D eigenvalue weighted by Crippen LogP contribution is 2.45. The molecule has 2 saturated heterocycles. The number of hydrogen-bond donors (Lipinski definition) is 5. The summed E-state index contributed by atoms with van der Waals surface area (Å²) < 4.78 is 58.5. The highest BCUT2D eigenvalue weighted by atomic mass is 28.4. The zero-order chi connectivity index (χ0) is 92.6. The molecule has 11 atom stereocenters. The summed E-state index contributed by atoms with van der Waals surface area (Å²) in [6.45, 7) is 72.6. The topological polar surface area (TPSA) is 324 Å². The number of carbonyl (C=O) groups is 10. The van der Waals surface area contributed by atoms with Crippen molar-refractivity contribution < 1.29 is 89.0 Å². The van der Waals surface area contributed by atoms with E-state index in [4.69, 9.17) is 41.1 Å². The first kappa shape index (κ1) is 106. The van der Waals surface area contributed by atoms with Crippen molar-refractivity contribution in [1.29, 1.82) is 0 Å². The average molecular weight is 1770 g/mol. The predicted octanol–water partition coefficient (Wildman–Crippen LogP) is 17.1. The molecule has 27 nitrogen and oxygen atoms in total. The number of ether oxygens (including phenoxy) is 4. The zero-order valence-corrected chi connectivity index (χ0v) is 85.4. The fourth-order valence-corrected chi connectivity index (χ4v) is 18.9. The van der Waals surface area contributed by atoms with E-state index in [0.29, 0.717) is 16.2 Å². The summed E-state index contributed by atoms with van der Waals surface area (Å²) in [7, 11) is -14.2. The van der Waals surface area contributed by atoms with Crippen molar-refractivity contribution in [3.8, 4) is 5.75 Å². The van der Waals surface area contributed by atoms with E-state index < -0.39 is 206 Å². The lowest BCUT2D eigenvalue weighted by Crippen LogP contribution is -2.66. The van der Waals surface area contributed by atoms with Gasteiger partial charge in [0, 0.05) is 32.0 Å². The first-order chi connectivity index (χ1) is 54.0. The molecular formula is C88H156N8O19Si5. The molecule has 2 aliphatic rings. The Kier molecular flexibility index (Phi) is 35.4. The molecule has 0 saturated carbocycles. The second kappa shape index (κ2) is 40.2. The number of likely N-dealkylation sites (tertiary alicyclic amines) is 2. The van der Waals surface area contributed by atoms with Crippen molar-refractivity contribution in [3.05, 3.63) is 65.7 Å². The molecule has 2 fully saturated rings. The second-order valence-corrected chi connectivity index (χ2v) is 67.6. The summed E-state index contributed by atoms with van der Waals surface area (Å²) in [6, 6.07) is 7.43. The van der Waals surface area contributed by atoms with Crippen LogP contribution < -0.4 is 31.0 Å². The second-order valence-electron chi connectivity index (χ2n) is 43.9. The van der Waals surface area contributed by atoms with Crippen molar-refractivity contribution in [1.82, 2.24) is 41.3 Å². The van der Waals surface area contributed by atoms with Crippen LogP contribution in [0.2, 0.25) is 90.7 Å². The van der Waals surface area contributed by atoms with Gasteiger partial charge < -0.3 is 77.5 Å². The van der Waals surface area contributed by atoms with Gasteiger partial charge in [-0.1, -0.05) is 167 Å². The van der Waals surface area contributed by atoms with Gasteiger partial charge in [-0.2, -0.15) is 0 Å². The van der Waals surface area contributed by atoms with Crippen molar-refractivity contribution in [2.24, 2.45) is 11.8 Å². The fourth-order valence-electron chi connectivity index (χ4n) is 12.4. The molecule has 1 unspecified atom stereocenters. The number of nitrogens with zero attached hydrogens (tertiary/aromatic N) is 3. The van der Waals surface area contributed by atoms with Gasteiger partial charge in [-0.25, -0.2) is 19.2 Å². The minimum absolute atomic E-state index is 0.0173. The summed E-state index contributed by atoms with van der Waals surface area (Å²) in [5, 5.41) is 12.7. The molecule has 0 spiro atoms. The summed E-state index contributed by atoms with van der Waals surface area (Å²) >= 11 is 0. The van der Waals surface area contributed by atoms with Crippen LogP contribution >= 0.6 is 0 Å². The molecule has 10 amide bonds. The number of rotatable bonds is 31. The maximum atomic E-state index is 17.0. The first-order valence-corrected chi connectivity index (χ1v) is 57.3. The van der Waals surface area contributed by atoms with Gasteiger partial charge in [0.15, 0.2) is 33.3 Å². The molecule has 2 aliphatic heterocycles. The lowest BCUT2D eigenvalue weighted by molar-refractivity contribution is -0.149. The van der Waals surface area contributed by atoms with Crippen molar-refractivity contribution in [2.75, 3.05) is 19.6 Å². The SMILES string of the molecule is CC(C)[C@H](NC(=O)[C@H](CCCNC(=O)OCc1ccccc1)NC(=O)OC(C)(C)C)C(=O)N1C[C@H](O[Si](C)(C)C(C)(C)C)C[C@H]1C(=O)N[C@H](C(=O)N[C@H](C(=O)N1C[C@H](C)[C@H](O[Si](C)(C)C(C)(C)C)[C@H]1C(=O)N(C(=O)OC(C)(C)C)C(=O)OC(C)(C)C)C(C)O[Si](C)(C)C(C)(C)C)[C@@H](Cc1ccc(O[Si](C)(C)C(C)(C)C)cc1)O[Si](C)(C)C(C)(C)C. The van der Waals surface area contributed by atoms with Crippen LogP contribution in [0.15, 0.2) is 54.6 Å². The first-order valence-electron chi connectivity index (χ1n) is 42.8. The number of alkyl carbamates (subject to hydrolysis) is 2. The van der Waals surface area contributed by atoms with Crippen LogP contribution in [0.4, 0.5) is 19.2 Å². The van der Waals surface area contributed by atoms with E-state index in [1.54, 1.807) is 83.1 Å². The monoisotopic (exact) mass is 1770 g/mol. The van der Waals surface area contributed by atoms with Gasteiger partial charge in [0.05, 0.1) is 24.4 Å². The Morgan fingerprint density at radius 2 is 0.958 bits per heavy atom. The summed E-state index contributed by atoms with van der Waals surface area (Å²) in [6.07, 6.45) is -8.67. The Morgan fingerprint density at radius 3 is 1.43 bits per heavy atom. The van der Waals surface area contributed by atoms with Gasteiger partial charge in [0.2, 0.25) is 37.9 Å². The van der Waals surface area contributed by atoms with Crippen LogP contribution in [0.3, 0.4) is 0 Å². The van der Waals surface area contributed by atoms with Gasteiger partial charge in [-0.05, 0) is 208 Å². The molecule has 0 bridgehead atoms. The molecule has 32 heteroatoms. The Balaban J connectivity index is 2.12. The summed E-state index contributed by atoms with van der Waals surface area (Å²) in [4.78, 5) is 157. The van der Waals surface area contributed by atoms with Gasteiger partial charge in [-0.15, -0.1) is 4.90 Å². The van der Waals surface area contributed by atoms with Gasteiger partial charge in [-0.3, -0.25) is 28.8 Å². The molecule has 2 aromatic rings. The van der Waals surface area contributed by atoms with E-state index in [2.05, 4.69) is 94.3 Å². The standard InChI is InChI=1S/C88H156N8O19Si5/c1-56(2)66(91-71(97)63(90-78(104)108-81(5,6)7)45-42-50-89-77(103)107-55-60-43-40-39-41-44-60)74(100)94-54-62(113-118(33,34)86(20,21)22)52-64(94)72(98)93-68(65(114-119(35,36)87(23,24)25)51-59-46-48-61(49-47-59)112-117(31,32)85(17,18)19)73(99)92-67(58(4)111-116(29,30)84(14,15)16)75(101)95-53-57(3)70(115-120(37,38)88(26,27)28)69(95)76(102)96(79(105)109-82(8,9)10)80(106)110-83(11,12)13/h39-41,43-44,46-49,56-58,62-70H,42,45,50-55H2,1-38H3,(H,89,103)(H,90,104)(H,91,97)(H,92,99)(H,93,98)/t57-,58?,62+,63-,64-,65+,66-,67-,68-,69-,70-/m0/s1. The normalized spacial score (nSPS) is 19.2. The largest absolute Gasteiger partial charge is 0.544 e. The van der Waals surface area contributed by atoms with E-state index in [1.807, 2.05) is 163 Å². The highest BCUT2D eigenvalue weighted by molar-refractivity contribution is 6.76. The van der Waals surface area contributed by atoms with E-state index in [-0.39, 0.29) is 62.0 Å². The predicted molar refractivity (Wildman–Crippen MR) is 484 cm³/mol. The maximum absolute atomic E-state index is 17.0. The smallest absolute Gasteiger partial charge is 0.426 e. The molecular weight excluding hydrogens is 1610 g/mol. The van der Waals surface area contributed by atoms with Gasteiger partial charge in [0.25, 0.3) is 5.91 Å². The number of imide groups is 3. The molecule has 0 radical (unpaired) electrons. The minimum atomic E-state index is -3.11. The van der Waals surface area contributed by atoms with Crippen LogP contribution in [0, 0.1) is 11.8 Å². The van der Waals surface area contributed by atoms with Crippen molar-refractivity contribution in [2.45, 2.75) is 394 Å². The fraction of sp³-hybridized carbons (Fsp3) is 0.750. The summed E-state index contributed by atoms with van der Waals surface area (Å²) in [5.41, 5.74) is -1.98.